The summed E-state index contributed by atoms with van der Waals surface area (Å²) in [5, 5.41) is 72.2. The summed E-state index contributed by atoms with van der Waals surface area (Å²) in [7, 11) is 8.84. The summed E-state index contributed by atoms with van der Waals surface area (Å²) in [6, 6.07) is 6.65. The van der Waals surface area contributed by atoms with E-state index in [0.717, 1.165) is 12.2 Å². The second-order valence-electron chi connectivity index (χ2n) is 10.9. The first kappa shape index (κ1) is 46.3. The molecule has 2 aliphatic heterocycles. The lowest BCUT2D eigenvalue weighted by molar-refractivity contribution is -0.152. The molecule has 0 radical (unpaired) electrons. The van der Waals surface area contributed by atoms with Gasteiger partial charge in [0.1, 0.15) is 18.8 Å². The van der Waals surface area contributed by atoms with E-state index in [2.05, 4.69) is 9.47 Å². The number of esters is 3. The first-order valence-electron chi connectivity index (χ1n) is 16.0. The molecule has 4 rings (SSSR count). The normalized spacial score (nSPS) is 17.1. The minimum absolute atomic E-state index is 0.342. The van der Waals surface area contributed by atoms with Crippen LogP contribution in [-0.4, -0.2) is 145 Å². The average molecular weight is 811 g/mol. The number of aliphatic carboxylic acids is 1. The molecule has 0 spiro atoms. The quantitative estimate of drug-likeness (QED) is 0.0714. The highest BCUT2D eigenvalue weighted by Crippen LogP contribution is 2.41. The molecule has 312 valence electrons. The van der Waals surface area contributed by atoms with Gasteiger partial charge >= 0.3 is 23.9 Å². The number of carboxylic acids is 1. The van der Waals surface area contributed by atoms with Crippen molar-refractivity contribution in [3.05, 3.63) is 70.6 Å². The fourth-order valence-corrected chi connectivity index (χ4v) is 4.68. The highest BCUT2D eigenvalue weighted by atomic mass is 16.6. The van der Waals surface area contributed by atoms with Crippen LogP contribution in [0.4, 0.5) is 0 Å². The lowest BCUT2D eigenvalue weighted by atomic mass is 10.1. The molecule has 0 fully saturated rings. The van der Waals surface area contributed by atoms with E-state index in [-0.39, 0.29) is 0 Å². The smallest absolute Gasteiger partial charge is 0.377 e. The van der Waals surface area contributed by atoms with Crippen molar-refractivity contribution in [1.82, 2.24) is 0 Å². The Bertz CT molecular complexity index is 1880. The Morgan fingerprint density at radius 3 is 1.39 bits per heavy atom. The van der Waals surface area contributed by atoms with Gasteiger partial charge < -0.3 is 83.5 Å². The second-order valence-corrected chi connectivity index (χ2v) is 10.9. The molecule has 0 saturated carbocycles. The van der Waals surface area contributed by atoms with Gasteiger partial charge in [0.15, 0.2) is 46.7 Å². The number of cyclic esters (lactones) is 2. The summed E-state index contributed by atoms with van der Waals surface area (Å²) in [6.45, 7) is -1.25. The van der Waals surface area contributed by atoms with E-state index < -0.39 is 84.5 Å². The van der Waals surface area contributed by atoms with Crippen molar-refractivity contribution in [2.24, 2.45) is 0 Å². The SMILES string of the molecule is COc1ccc(/C=C/C(=O)O)c(OC)c1OC.COc1ccc(/C=C/C(=O)OC[C@@H](O)[C@H]2OC(=O)C(O)=C2O)c(OC)c1OC.O=C1O[C@H]([C@H](O)CO)C(O)=C1O. The first-order chi connectivity index (χ1) is 27.0. The average Bonchev–Trinajstić information content (AvgIpc) is 3.63. The van der Waals surface area contributed by atoms with Gasteiger partial charge in [0.05, 0.1) is 49.3 Å². The molecule has 21 nitrogen and oxygen atoms in total. The van der Waals surface area contributed by atoms with Gasteiger partial charge in [-0.1, -0.05) is 0 Å². The van der Waals surface area contributed by atoms with E-state index in [1.165, 1.54) is 54.8 Å². The van der Waals surface area contributed by atoms with Crippen LogP contribution in [-0.2, 0) is 33.4 Å². The maximum atomic E-state index is 11.9. The van der Waals surface area contributed by atoms with Crippen LogP contribution in [0.3, 0.4) is 0 Å². The highest BCUT2D eigenvalue weighted by Gasteiger charge is 2.40. The van der Waals surface area contributed by atoms with Crippen LogP contribution < -0.4 is 28.4 Å². The molecule has 0 saturated heterocycles. The number of carbonyl (C=O) groups is 4. The van der Waals surface area contributed by atoms with Gasteiger partial charge in [0, 0.05) is 23.3 Å². The minimum atomic E-state index is -1.55. The Kier molecular flexibility index (Phi) is 17.8. The van der Waals surface area contributed by atoms with Crippen LogP contribution in [0.25, 0.3) is 12.2 Å². The number of carboxylic acid groups (broad SMARTS) is 1. The summed E-state index contributed by atoms with van der Waals surface area (Å²) in [5.74, 6) is -5.07. The zero-order valence-corrected chi connectivity index (χ0v) is 31.2. The predicted molar refractivity (Wildman–Crippen MR) is 192 cm³/mol. The Balaban J connectivity index is 0.000000327. The highest BCUT2D eigenvalue weighted by molar-refractivity contribution is 5.90. The topological polar surface area (TPSA) is 313 Å². The molecule has 2 heterocycles. The predicted octanol–water partition coefficient (Wildman–Crippen LogP) is 1.29. The maximum absolute atomic E-state index is 11.9. The number of hydrogen-bond donors (Lipinski definition) is 8. The fraction of sp³-hybridized carbons (Fsp3) is 0.333. The maximum Gasteiger partial charge on any atom is 0.377 e. The molecule has 0 unspecified atom stereocenters. The molecule has 2 aliphatic rings. The van der Waals surface area contributed by atoms with Crippen molar-refractivity contribution in [3.63, 3.8) is 0 Å². The van der Waals surface area contributed by atoms with Crippen LogP contribution in [0.5, 0.6) is 34.5 Å². The molecule has 0 bridgehead atoms. The molecule has 0 aromatic heterocycles. The number of benzene rings is 2. The van der Waals surface area contributed by atoms with E-state index in [0.29, 0.717) is 45.6 Å². The molecule has 8 N–H and O–H groups in total. The molecular weight excluding hydrogens is 768 g/mol. The molecule has 4 atom stereocenters. The monoisotopic (exact) mass is 810 g/mol. The molecule has 0 aliphatic carbocycles. The van der Waals surface area contributed by atoms with Crippen molar-refractivity contribution in [3.8, 4) is 34.5 Å². The Morgan fingerprint density at radius 2 is 1.05 bits per heavy atom. The van der Waals surface area contributed by atoms with Crippen molar-refractivity contribution in [2.75, 3.05) is 55.9 Å². The van der Waals surface area contributed by atoms with E-state index >= 15 is 0 Å². The third kappa shape index (κ3) is 11.8. The lowest BCUT2D eigenvalue weighted by Gasteiger charge is -2.16. The van der Waals surface area contributed by atoms with Gasteiger partial charge in [-0.15, -0.1) is 0 Å². The van der Waals surface area contributed by atoms with Gasteiger partial charge in [-0.3, -0.25) is 0 Å². The molecule has 2 aromatic rings. The zero-order chi connectivity index (χ0) is 43.0. The fourth-order valence-electron chi connectivity index (χ4n) is 4.68. The summed E-state index contributed by atoms with van der Waals surface area (Å²) >= 11 is 0. The van der Waals surface area contributed by atoms with Gasteiger partial charge in [0.25, 0.3) is 0 Å². The number of methoxy groups -OCH3 is 6. The van der Waals surface area contributed by atoms with Gasteiger partial charge in [-0.25, -0.2) is 19.2 Å². The number of carbonyl (C=O) groups excluding carboxylic acids is 3. The summed E-state index contributed by atoms with van der Waals surface area (Å²) in [4.78, 5) is 44.0. The number of rotatable bonds is 15. The van der Waals surface area contributed by atoms with Crippen LogP contribution in [0, 0.1) is 0 Å². The summed E-state index contributed by atoms with van der Waals surface area (Å²) < 4.78 is 44.9. The third-order valence-electron chi connectivity index (χ3n) is 7.44. The van der Waals surface area contributed by atoms with Gasteiger partial charge in [0.2, 0.25) is 23.0 Å². The number of aliphatic hydroxyl groups is 7. The standard InChI is InChI=1S/C18H20O10.C12H14O5.C6H8O6/c1-24-11-6-4-9(15(25-2)17(11)26-3)5-7-12(20)27-8-10(19)16-13(21)14(22)18(23)28-16;1-15-9-6-4-8(5-7-10(13)14)11(16-2)12(9)17-3;7-1-2(8)5-3(9)4(10)6(11)12-5/h4-7,10,16,19,21-22H,8H2,1-3H3;4-7H,1-3H3,(H,13,14);2,5,7-10H,1H2/b2*7-5+;/t10-,16-;;2-,5-/m1.1/s1. The first-order valence-corrected chi connectivity index (χ1v) is 16.0. The Labute approximate surface area is 324 Å². The Hall–Kier alpha value is -6.84. The van der Waals surface area contributed by atoms with E-state index in [1.54, 1.807) is 24.3 Å². The molecular formula is C36H42O21. The number of aliphatic hydroxyl groups excluding tert-OH is 7. The van der Waals surface area contributed by atoms with Crippen molar-refractivity contribution < 1.29 is 103 Å². The van der Waals surface area contributed by atoms with Gasteiger partial charge in [-0.2, -0.15) is 0 Å². The molecule has 57 heavy (non-hydrogen) atoms. The number of hydrogen-bond acceptors (Lipinski definition) is 20. The molecule has 2 aromatic carbocycles. The van der Waals surface area contributed by atoms with Crippen LogP contribution >= 0.6 is 0 Å². The van der Waals surface area contributed by atoms with Crippen molar-refractivity contribution in [1.29, 1.82) is 0 Å². The van der Waals surface area contributed by atoms with Crippen LogP contribution in [0.1, 0.15) is 11.1 Å². The van der Waals surface area contributed by atoms with Crippen molar-refractivity contribution >= 4 is 36.0 Å². The molecule has 21 heteroatoms. The molecule has 0 amide bonds. The third-order valence-corrected chi connectivity index (χ3v) is 7.44. The Morgan fingerprint density at radius 1 is 0.649 bits per heavy atom. The van der Waals surface area contributed by atoms with E-state index in [1.807, 2.05) is 0 Å². The van der Waals surface area contributed by atoms with Crippen molar-refractivity contribution in [2.45, 2.75) is 24.4 Å². The van der Waals surface area contributed by atoms with E-state index in [9.17, 15) is 34.5 Å². The largest absolute Gasteiger partial charge is 0.505 e. The minimum Gasteiger partial charge on any atom is -0.505 e. The zero-order valence-electron chi connectivity index (χ0n) is 31.2. The number of ether oxygens (including phenoxy) is 9. The van der Waals surface area contributed by atoms with Crippen LogP contribution in [0.2, 0.25) is 0 Å². The lowest BCUT2D eigenvalue weighted by Crippen LogP contribution is -2.33. The van der Waals surface area contributed by atoms with E-state index in [4.69, 9.17) is 58.7 Å². The second kappa shape index (κ2) is 21.9. The summed E-state index contributed by atoms with van der Waals surface area (Å²) in [5.41, 5.74) is 1.11. The van der Waals surface area contributed by atoms with Crippen LogP contribution in [0.15, 0.2) is 59.5 Å². The van der Waals surface area contributed by atoms with Gasteiger partial charge in [-0.05, 0) is 36.4 Å². The summed E-state index contributed by atoms with van der Waals surface area (Å²) in [6.07, 6.45) is -0.871.